The van der Waals surface area contributed by atoms with E-state index in [1.165, 1.54) is 12.1 Å². The average molecular weight is 466 g/mol. The van der Waals surface area contributed by atoms with Gasteiger partial charge in [0, 0.05) is 6.20 Å². The summed E-state index contributed by atoms with van der Waals surface area (Å²) in [4.78, 5) is 18.5. The Morgan fingerprint density at radius 1 is 1.24 bits per heavy atom. The predicted molar refractivity (Wildman–Crippen MR) is 127 cm³/mol. The number of aliphatic hydroxyl groups excluding tert-OH is 1. The first kappa shape index (κ1) is 23.5. The number of aromatic nitrogens is 1. The molecule has 4 rings (SSSR count). The second-order valence-electron chi connectivity index (χ2n) is 9.27. The van der Waals surface area contributed by atoms with Crippen LogP contribution in [0.5, 0.6) is 11.5 Å². The van der Waals surface area contributed by atoms with Crippen molar-refractivity contribution in [3.8, 4) is 11.5 Å². The summed E-state index contributed by atoms with van der Waals surface area (Å²) in [6, 6.07) is 12.7. The quantitative estimate of drug-likeness (QED) is 0.578. The summed E-state index contributed by atoms with van der Waals surface area (Å²) >= 11 is 0. The van der Waals surface area contributed by atoms with Crippen molar-refractivity contribution in [3.05, 3.63) is 77.2 Å². The molecule has 178 valence electrons. The maximum absolute atomic E-state index is 15.0. The van der Waals surface area contributed by atoms with Gasteiger partial charge in [-0.3, -0.25) is 4.79 Å². The summed E-state index contributed by atoms with van der Waals surface area (Å²) in [5.41, 5.74) is 7.21. The van der Waals surface area contributed by atoms with E-state index in [2.05, 4.69) is 4.98 Å². The van der Waals surface area contributed by atoms with Crippen LogP contribution in [0, 0.1) is 12.7 Å². The number of rotatable bonds is 5. The smallest absolute Gasteiger partial charge is 0.252 e. The van der Waals surface area contributed by atoms with Gasteiger partial charge in [0.05, 0.1) is 23.9 Å². The van der Waals surface area contributed by atoms with Crippen molar-refractivity contribution >= 4 is 17.4 Å². The van der Waals surface area contributed by atoms with Gasteiger partial charge < -0.3 is 25.2 Å². The monoisotopic (exact) mass is 465 g/mol. The van der Waals surface area contributed by atoms with Gasteiger partial charge in [-0.25, -0.2) is 9.37 Å². The number of ether oxygens (including phenoxy) is 2. The van der Waals surface area contributed by atoms with E-state index in [1.807, 2.05) is 39.8 Å². The number of fused-ring (bicyclic) bond motifs is 1. The second kappa shape index (κ2) is 8.95. The first-order valence-electron chi connectivity index (χ1n) is 11.0. The van der Waals surface area contributed by atoms with Crippen molar-refractivity contribution in [2.75, 3.05) is 11.5 Å². The molecule has 3 N–H and O–H groups in total. The number of para-hydroxylation sites is 1. The predicted octanol–water partition coefficient (Wildman–Crippen LogP) is 4.44. The number of nitrogens with zero attached hydrogens (tertiary/aromatic N) is 2. The van der Waals surface area contributed by atoms with Crippen molar-refractivity contribution in [2.45, 2.75) is 45.4 Å². The third kappa shape index (κ3) is 4.54. The minimum absolute atomic E-state index is 0.114. The lowest BCUT2D eigenvalue weighted by molar-refractivity contribution is 0.0970. The molecule has 0 saturated heterocycles. The summed E-state index contributed by atoms with van der Waals surface area (Å²) in [7, 11) is 0. The van der Waals surface area contributed by atoms with E-state index in [0.717, 1.165) is 5.56 Å². The topological polar surface area (TPSA) is 97.9 Å². The standard InChI is InChI=1S/C26H28FN3O4/c1-15-8-11-22(29-13-15)30-19-7-5-6-17(25(28)32)24(19)33-23(20(30)14-31)16-9-10-21(18(27)12-16)34-26(2,3)4/h5-13,20,23,31H,14H2,1-4H3,(H2,28,32). The number of anilines is 2. The molecule has 2 aromatic carbocycles. The minimum atomic E-state index is -0.820. The fraction of sp³-hybridized carbons (Fsp3) is 0.308. The molecule has 34 heavy (non-hydrogen) atoms. The zero-order valence-corrected chi connectivity index (χ0v) is 19.6. The van der Waals surface area contributed by atoms with E-state index >= 15 is 0 Å². The summed E-state index contributed by atoms with van der Waals surface area (Å²) in [6.45, 7) is 7.11. The van der Waals surface area contributed by atoms with Crippen LogP contribution < -0.4 is 20.1 Å². The SMILES string of the molecule is Cc1ccc(N2c3cccc(C(N)=O)c3OC(c3ccc(OC(C)(C)C)c(F)c3)C2CO)nc1. The molecule has 0 spiro atoms. The number of benzene rings is 2. The molecule has 2 unspecified atom stereocenters. The Hall–Kier alpha value is -3.65. The Balaban J connectivity index is 1.85. The normalized spacial score (nSPS) is 17.6. The van der Waals surface area contributed by atoms with E-state index in [4.69, 9.17) is 15.2 Å². The van der Waals surface area contributed by atoms with Crippen LogP contribution in [-0.2, 0) is 0 Å². The van der Waals surface area contributed by atoms with Crippen LogP contribution in [0.15, 0.2) is 54.7 Å². The molecule has 7 nitrogen and oxygen atoms in total. The highest BCUT2D eigenvalue weighted by Gasteiger charge is 2.40. The highest BCUT2D eigenvalue weighted by Crippen LogP contribution is 2.47. The molecule has 1 amide bonds. The molecule has 0 radical (unpaired) electrons. The second-order valence-corrected chi connectivity index (χ2v) is 9.27. The zero-order valence-electron chi connectivity index (χ0n) is 19.6. The van der Waals surface area contributed by atoms with Crippen LogP contribution in [0.25, 0.3) is 0 Å². The van der Waals surface area contributed by atoms with Crippen molar-refractivity contribution < 1.29 is 23.8 Å². The van der Waals surface area contributed by atoms with Crippen molar-refractivity contribution in [1.29, 1.82) is 0 Å². The van der Waals surface area contributed by atoms with Crippen molar-refractivity contribution in [3.63, 3.8) is 0 Å². The fourth-order valence-electron chi connectivity index (χ4n) is 4.02. The van der Waals surface area contributed by atoms with Crippen LogP contribution in [0.3, 0.4) is 0 Å². The van der Waals surface area contributed by atoms with Crippen LogP contribution in [0.4, 0.5) is 15.9 Å². The minimum Gasteiger partial charge on any atom is -0.485 e. The first-order chi connectivity index (χ1) is 16.1. The van der Waals surface area contributed by atoms with Gasteiger partial charge in [-0.05, 0) is 69.2 Å². The van der Waals surface area contributed by atoms with Gasteiger partial charge in [0.1, 0.15) is 17.5 Å². The number of primary amides is 1. The molecule has 2 heterocycles. The third-order valence-electron chi connectivity index (χ3n) is 5.48. The van der Waals surface area contributed by atoms with Crippen molar-refractivity contribution in [1.82, 2.24) is 4.98 Å². The molecule has 0 saturated carbocycles. The zero-order chi connectivity index (χ0) is 24.6. The van der Waals surface area contributed by atoms with E-state index in [9.17, 15) is 14.3 Å². The van der Waals surface area contributed by atoms with Gasteiger partial charge >= 0.3 is 0 Å². The highest BCUT2D eigenvalue weighted by molar-refractivity contribution is 5.98. The first-order valence-corrected chi connectivity index (χ1v) is 11.0. The Labute approximate surface area is 197 Å². The van der Waals surface area contributed by atoms with E-state index in [1.54, 1.807) is 35.4 Å². The number of amides is 1. The summed E-state index contributed by atoms with van der Waals surface area (Å²) in [5.74, 6) is -0.295. The Morgan fingerprint density at radius 3 is 2.59 bits per heavy atom. The van der Waals surface area contributed by atoms with E-state index in [0.29, 0.717) is 17.1 Å². The van der Waals surface area contributed by atoms with Gasteiger partial charge in [0.15, 0.2) is 17.3 Å². The highest BCUT2D eigenvalue weighted by atomic mass is 19.1. The fourth-order valence-corrected chi connectivity index (χ4v) is 4.02. The Bertz CT molecular complexity index is 1210. The number of nitrogens with two attached hydrogens (primary N) is 1. The summed E-state index contributed by atoms with van der Waals surface area (Å²) in [5, 5.41) is 10.4. The molecule has 1 aliphatic heterocycles. The molecular formula is C26H28FN3O4. The molecule has 1 aliphatic rings. The Morgan fingerprint density at radius 2 is 2.00 bits per heavy atom. The lowest BCUT2D eigenvalue weighted by Gasteiger charge is -2.42. The van der Waals surface area contributed by atoms with E-state index < -0.39 is 29.5 Å². The van der Waals surface area contributed by atoms with Gasteiger partial charge in [0.25, 0.3) is 5.91 Å². The van der Waals surface area contributed by atoms with Crippen LogP contribution in [0.1, 0.15) is 48.4 Å². The maximum atomic E-state index is 15.0. The number of hydrogen-bond acceptors (Lipinski definition) is 6. The number of carbonyl (C=O) groups is 1. The van der Waals surface area contributed by atoms with Gasteiger partial charge in [-0.15, -0.1) is 0 Å². The molecule has 1 aromatic heterocycles. The number of hydrogen-bond donors (Lipinski definition) is 2. The van der Waals surface area contributed by atoms with Crippen molar-refractivity contribution in [2.24, 2.45) is 5.73 Å². The number of aliphatic hydroxyl groups is 1. The molecular weight excluding hydrogens is 437 g/mol. The molecule has 0 aliphatic carbocycles. The van der Waals surface area contributed by atoms with Crippen LogP contribution in [-0.4, -0.2) is 34.2 Å². The number of carbonyl (C=O) groups excluding carboxylic acids is 1. The van der Waals surface area contributed by atoms with Gasteiger partial charge in [-0.2, -0.15) is 0 Å². The number of halogens is 1. The summed E-state index contributed by atoms with van der Waals surface area (Å²) in [6.07, 6.45) is 0.892. The largest absolute Gasteiger partial charge is 0.485 e. The third-order valence-corrected chi connectivity index (χ3v) is 5.48. The van der Waals surface area contributed by atoms with E-state index in [-0.39, 0.29) is 23.7 Å². The maximum Gasteiger partial charge on any atom is 0.252 e. The molecule has 3 aromatic rings. The average Bonchev–Trinajstić information content (AvgIpc) is 2.78. The lowest BCUT2D eigenvalue weighted by atomic mass is 9.96. The lowest BCUT2D eigenvalue weighted by Crippen LogP contribution is -2.45. The molecule has 2 atom stereocenters. The molecule has 0 bridgehead atoms. The van der Waals surface area contributed by atoms with Gasteiger partial charge in [-0.1, -0.05) is 18.2 Å². The van der Waals surface area contributed by atoms with Crippen LogP contribution >= 0.6 is 0 Å². The number of pyridine rings is 1. The number of aryl methyl sites for hydroxylation is 1. The summed E-state index contributed by atoms with van der Waals surface area (Å²) < 4.78 is 26.9. The molecule has 8 heteroatoms. The van der Waals surface area contributed by atoms with Gasteiger partial charge in [0.2, 0.25) is 0 Å². The van der Waals surface area contributed by atoms with Crippen LogP contribution in [0.2, 0.25) is 0 Å². The Kier molecular flexibility index (Phi) is 6.18. The molecule has 0 fully saturated rings.